The number of hydrogen-bond acceptors (Lipinski definition) is 7. The molecule has 4 aromatic carbocycles. The van der Waals surface area contributed by atoms with Crippen molar-refractivity contribution in [1.29, 1.82) is 0 Å². The molecule has 3 atom stereocenters. The van der Waals surface area contributed by atoms with Gasteiger partial charge in [0.1, 0.15) is 19.3 Å². The van der Waals surface area contributed by atoms with Crippen molar-refractivity contribution in [2.24, 2.45) is 5.92 Å². The van der Waals surface area contributed by atoms with Crippen LogP contribution in [0.2, 0.25) is 0 Å². The molecule has 1 aliphatic carbocycles. The minimum absolute atomic E-state index is 0.0835. The molecule has 6 rings (SSSR count). The summed E-state index contributed by atoms with van der Waals surface area (Å²) in [6, 6.07) is 31.6. The highest BCUT2D eigenvalue weighted by Crippen LogP contribution is 2.44. The third-order valence-electron chi connectivity index (χ3n) is 10.7. The number of aliphatic hydroxyl groups is 1. The minimum Gasteiger partial charge on any atom is -0.462 e. The maximum atomic E-state index is 14.0. The first-order valence-corrected chi connectivity index (χ1v) is 20.1. The molecule has 0 bridgehead atoms. The van der Waals surface area contributed by atoms with Gasteiger partial charge < -0.3 is 35.1 Å². The Morgan fingerprint density at radius 1 is 0.831 bits per heavy atom. The number of carbonyl (C=O) groups is 4. The highest BCUT2D eigenvalue weighted by molar-refractivity contribution is 5.87. The maximum absolute atomic E-state index is 14.0. The number of para-hydroxylation sites is 1. The van der Waals surface area contributed by atoms with E-state index in [9.17, 15) is 24.3 Å². The molecule has 11 heteroatoms. The van der Waals surface area contributed by atoms with E-state index in [0.29, 0.717) is 19.4 Å². The van der Waals surface area contributed by atoms with Gasteiger partial charge in [-0.3, -0.25) is 9.59 Å². The molecular formula is C48H52N4O7. The van der Waals surface area contributed by atoms with Crippen LogP contribution in [0.1, 0.15) is 53.9 Å². The number of benzene rings is 4. The number of esters is 1. The molecule has 11 nitrogen and oxygen atoms in total. The lowest BCUT2D eigenvalue weighted by Crippen LogP contribution is -2.47. The summed E-state index contributed by atoms with van der Waals surface area (Å²) in [5, 5.41) is 16.4. The van der Waals surface area contributed by atoms with Gasteiger partial charge in [-0.15, -0.1) is 13.2 Å². The SMILES string of the molecule is C=CCCC(NC(=O)OCC1c2ccccc2-c2ccccc21)C(=O)OCC(Cc1c[nH]c2ccccc12)NC(=O)C(CC=C)CC(=O)N(CCO)Cc1ccccc1. The van der Waals surface area contributed by atoms with Crippen LogP contribution < -0.4 is 10.6 Å². The Kier molecular flexibility index (Phi) is 14.9. The number of amides is 3. The summed E-state index contributed by atoms with van der Waals surface area (Å²) in [6.45, 7) is 7.66. The van der Waals surface area contributed by atoms with Gasteiger partial charge in [-0.2, -0.15) is 0 Å². The molecular weight excluding hydrogens is 745 g/mol. The smallest absolute Gasteiger partial charge is 0.407 e. The van der Waals surface area contributed by atoms with E-state index >= 15 is 0 Å². The van der Waals surface area contributed by atoms with Gasteiger partial charge in [0, 0.05) is 42.5 Å². The first kappa shape index (κ1) is 42.2. The lowest BCUT2D eigenvalue weighted by atomic mass is 9.97. The van der Waals surface area contributed by atoms with Crippen molar-refractivity contribution in [3.8, 4) is 11.1 Å². The lowest BCUT2D eigenvalue weighted by molar-refractivity contribution is -0.147. The molecule has 0 spiro atoms. The Labute approximate surface area is 345 Å². The highest BCUT2D eigenvalue weighted by Gasteiger charge is 2.31. The number of aromatic nitrogens is 1. The quantitative estimate of drug-likeness (QED) is 0.0453. The molecule has 1 heterocycles. The fraction of sp³-hybridized carbons (Fsp3) is 0.292. The summed E-state index contributed by atoms with van der Waals surface area (Å²) in [7, 11) is 0. The average Bonchev–Trinajstić information content (AvgIpc) is 3.81. The van der Waals surface area contributed by atoms with Gasteiger partial charge in [-0.05, 0) is 65.1 Å². The van der Waals surface area contributed by atoms with Gasteiger partial charge in [-0.25, -0.2) is 9.59 Å². The summed E-state index contributed by atoms with van der Waals surface area (Å²) in [6.07, 6.45) is 5.43. The van der Waals surface area contributed by atoms with Crippen LogP contribution in [-0.4, -0.2) is 77.3 Å². The molecule has 59 heavy (non-hydrogen) atoms. The number of H-pyrrole nitrogens is 1. The number of hydrogen-bond donors (Lipinski definition) is 4. The van der Waals surface area contributed by atoms with Crippen LogP contribution in [0, 0.1) is 5.92 Å². The van der Waals surface area contributed by atoms with E-state index in [-0.39, 0.29) is 57.5 Å². The summed E-state index contributed by atoms with van der Waals surface area (Å²) in [5.74, 6) is -2.29. The van der Waals surface area contributed by atoms with Gasteiger partial charge in [0.15, 0.2) is 0 Å². The Hall–Kier alpha value is -6.46. The van der Waals surface area contributed by atoms with Crippen LogP contribution in [0.5, 0.6) is 0 Å². The van der Waals surface area contributed by atoms with Gasteiger partial charge >= 0.3 is 12.1 Å². The summed E-state index contributed by atoms with van der Waals surface area (Å²) in [5.41, 5.74) is 7.07. The fourth-order valence-electron chi connectivity index (χ4n) is 7.68. The first-order valence-electron chi connectivity index (χ1n) is 20.1. The predicted molar refractivity (Wildman–Crippen MR) is 228 cm³/mol. The zero-order valence-corrected chi connectivity index (χ0v) is 33.2. The third-order valence-corrected chi connectivity index (χ3v) is 10.7. The lowest BCUT2D eigenvalue weighted by Gasteiger charge is -2.26. The first-order chi connectivity index (χ1) is 28.8. The van der Waals surface area contributed by atoms with Crippen LogP contribution in [-0.2, 0) is 36.8 Å². The number of nitrogens with zero attached hydrogens (tertiary/aromatic N) is 1. The van der Waals surface area contributed by atoms with Crippen molar-refractivity contribution < 1.29 is 33.8 Å². The minimum atomic E-state index is -1.04. The van der Waals surface area contributed by atoms with Gasteiger partial charge in [0.05, 0.1) is 18.6 Å². The number of allylic oxidation sites excluding steroid dienone is 2. The molecule has 5 aromatic rings. The van der Waals surface area contributed by atoms with Gasteiger partial charge in [0.2, 0.25) is 11.8 Å². The second-order valence-electron chi connectivity index (χ2n) is 14.7. The Morgan fingerprint density at radius 2 is 1.51 bits per heavy atom. The normalized spacial score (nSPS) is 13.3. The van der Waals surface area contributed by atoms with Crippen molar-refractivity contribution in [2.45, 2.75) is 56.7 Å². The highest BCUT2D eigenvalue weighted by atomic mass is 16.6. The van der Waals surface area contributed by atoms with Crippen LogP contribution >= 0.6 is 0 Å². The Morgan fingerprint density at radius 3 is 2.20 bits per heavy atom. The number of aromatic amines is 1. The Balaban J connectivity index is 1.13. The van der Waals surface area contributed by atoms with E-state index < -0.39 is 36.0 Å². The molecule has 0 saturated heterocycles. The molecule has 3 amide bonds. The number of rotatable bonds is 21. The number of nitrogens with one attached hydrogen (secondary N) is 3. The molecule has 1 aromatic heterocycles. The van der Waals surface area contributed by atoms with E-state index in [1.54, 1.807) is 12.2 Å². The average molecular weight is 797 g/mol. The summed E-state index contributed by atoms with van der Waals surface area (Å²) >= 11 is 0. The van der Waals surface area contributed by atoms with Gasteiger partial charge in [0.25, 0.3) is 0 Å². The van der Waals surface area contributed by atoms with Crippen LogP contribution in [0.3, 0.4) is 0 Å². The molecule has 1 aliphatic rings. The molecule has 306 valence electrons. The van der Waals surface area contributed by atoms with E-state index in [1.807, 2.05) is 97.2 Å². The monoisotopic (exact) mass is 796 g/mol. The standard InChI is InChI=1S/C48H52N4O7/c1-3-5-23-44(51-48(57)59-32-42-40-21-11-9-19-38(40)39-20-10-12-22-41(39)42)47(56)58-31-36(27-35-29-49-43-24-14-13-18-37(35)43)50-46(55)34(15-4-2)28-45(54)52(25-26-53)30-33-16-7-6-8-17-33/h3-4,6-14,16-22,24,29,34,36,42,44,49,53H,1-2,5,15,23,25-28,30-32H2,(H,50,55)(H,51,57). The molecule has 4 N–H and O–H groups in total. The van der Waals surface area contributed by atoms with Crippen LogP contribution in [0.25, 0.3) is 22.0 Å². The van der Waals surface area contributed by atoms with Crippen molar-refractivity contribution in [3.63, 3.8) is 0 Å². The number of fused-ring (bicyclic) bond motifs is 4. The molecule has 0 aliphatic heterocycles. The summed E-state index contributed by atoms with van der Waals surface area (Å²) in [4.78, 5) is 59.4. The molecule has 0 radical (unpaired) electrons. The topological polar surface area (TPSA) is 150 Å². The molecule has 0 fully saturated rings. The zero-order chi connectivity index (χ0) is 41.6. The van der Waals surface area contributed by atoms with Crippen LogP contribution in [0.15, 0.2) is 135 Å². The van der Waals surface area contributed by atoms with E-state index in [2.05, 4.69) is 40.9 Å². The number of aliphatic hydroxyl groups excluding tert-OH is 1. The van der Waals surface area contributed by atoms with Crippen LogP contribution in [0.4, 0.5) is 4.79 Å². The Bertz CT molecular complexity index is 2190. The maximum Gasteiger partial charge on any atom is 0.407 e. The third kappa shape index (κ3) is 10.9. The molecule has 0 saturated carbocycles. The predicted octanol–water partition coefficient (Wildman–Crippen LogP) is 7.22. The number of ether oxygens (including phenoxy) is 2. The van der Waals surface area contributed by atoms with Crippen molar-refractivity contribution in [2.75, 3.05) is 26.4 Å². The van der Waals surface area contributed by atoms with E-state index in [4.69, 9.17) is 9.47 Å². The van der Waals surface area contributed by atoms with E-state index in [0.717, 1.165) is 44.3 Å². The molecule has 3 unspecified atom stereocenters. The fourth-order valence-corrected chi connectivity index (χ4v) is 7.68. The van der Waals surface area contributed by atoms with Crippen molar-refractivity contribution in [1.82, 2.24) is 20.5 Å². The van der Waals surface area contributed by atoms with E-state index in [1.165, 1.54) is 4.90 Å². The van der Waals surface area contributed by atoms with Crippen molar-refractivity contribution >= 4 is 34.8 Å². The van der Waals surface area contributed by atoms with Crippen molar-refractivity contribution in [3.05, 3.63) is 157 Å². The number of carbonyl (C=O) groups excluding carboxylic acids is 4. The second-order valence-corrected chi connectivity index (χ2v) is 14.7. The second kappa shape index (κ2) is 20.8. The summed E-state index contributed by atoms with van der Waals surface area (Å²) < 4.78 is 11.6. The van der Waals surface area contributed by atoms with Gasteiger partial charge in [-0.1, -0.05) is 109 Å². The zero-order valence-electron chi connectivity index (χ0n) is 33.2. The largest absolute Gasteiger partial charge is 0.462 e. The number of alkyl carbamates (subject to hydrolysis) is 1.